The Morgan fingerprint density at radius 2 is 1.89 bits per heavy atom. The number of hydrogen-bond donors (Lipinski definition) is 0. The standard InChI is InChI=1S/C21H20ClNO5/c1-11-12(2)21(24)28-19-14(11)8-16(22)20-15(19)9-23(10-27-20)17-7-13(25-3)5-6-18(17)26-4/h5-8H,9-10H2,1-4H3. The van der Waals surface area contributed by atoms with E-state index < -0.39 is 0 Å². The Morgan fingerprint density at radius 3 is 2.61 bits per heavy atom. The molecule has 1 aromatic heterocycles. The molecular formula is C21H20ClNO5. The maximum absolute atomic E-state index is 12.3. The predicted molar refractivity (Wildman–Crippen MR) is 108 cm³/mol. The number of aryl methyl sites for hydroxylation is 1. The summed E-state index contributed by atoms with van der Waals surface area (Å²) in [7, 11) is 3.22. The summed E-state index contributed by atoms with van der Waals surface area (Å²) in [5.74, 6) is 1.93. The van der Waals surface area contributed by atoms with Gasteiger partial charge in [-0.1, -0.05) is 11.6 Å². The molecule has 4 rings (SSSR count). The fourth-order valence-electron chi connectivity index (χ4n) is 3.46. The third kappa shape index (κ3) is 2.85. The van der Waals surface area contributed by atoms with Crippen molar-refractivity contribution in [1.29, 1.82) is 0 Å². The van der Waals surface area contributed by atoms with Crippen molar-refractivity contribution in [3.05, 3.63) is 56.4 Å². The molecule has 0 saturated heterocycles. The van der Waals surface area contributed by atoms with Crippen molar-refractivity contribution in [3.8, 4) is 17.2 Å². The summed E-state index contributed by atoms with van der Waals surface area (Å²) in [6.45, 7) is 4.36. The number of ether oxygens (including phenoxy) is 3. The molecule has 0 saturated carbocycles. The number of hydrogen-bond acceptors (Lipinski definition) is 6. The zero-order valence-electron chi connectivity index (χ0n) is 16.1. The first-order chi connectivity index (χ1) is 13.4. The summed E-state index contributed by atoms with van der Waals surface area (Å²) in [5, 5.41) is 1.31. The fourth-order valence-corrected chi connectivity index (χ4v) is 3.74. The lowest BCUT2D eigenvalue weighted by Crippen LogP contribution is -2.32. The summed E-state index contributed by atoms with van der Waals surface area (Å²) < 4.78 is 22.4. The van der Waals surface area contributed by atoms with E-state index in [2.05, 4.69) is 0 Å². The monoisotopic (exact) mass is 401 g/mol. The van der Waals surface area contributed by atoms with Crippen molar-refractivity contribution < 1.29 is 18.6 Å². The molecule has 146 valence electrons. The molecule has 3 aromatic rings. The number of rotatable bonds is 3. The minimum Gasteiger partial charge on any atom is -0.497 e. The predicted octanol–water partition coefficient (Wildman–Crippen LogP) is 4.44. The van der Waals surface area contributed by atoms with Gasteiger partial charge in [0.1, 0.15) is 22.8 Å². The Balaban J connectivity index is 1.89. The molecule has 0 radical (unpaired) electrons. The molecule has 28 heavy (non-hydrogen) atoms. The van der Waals surface area contributed by atoms with Crippen LogP contribution in [0, 0.1) is 13.8 Å². The average Bonchev–Trinajstić information content (AvgIpc) is 2.72. The highest BCUT2D eigenvalue weighted by Crippen LogP contribution is 2.42. The van der Waals surface area contributed by atoms with Gasteiger partial charge in [0, 0.05) is 17.0 Å². The zero-order chi connectivity index (χ0) is 20.0. The minimum absolute atomic E-state index is 0.275. The van der Waals surface area contributed by atoms with Gasteiger partial charge >= 0.3 is 5.63 Å². The van der Waals surface area contributed by atoms with E-state index in [4.69, 9.17) is 30.2 Å². The zero-order valence-corrected chi connectivity index (χ0v) is 16.8. The van der Waals surface area contributed by atoms with Gasteiger partial charge in [-0.3, -0.25) is 0 Å². The van der Waals surface area contributed by atoms with Gasteiger partial charge in [-0.05, 0) is 37.6 Å². The highest BCUT2D eigenvalue weighted by atomic mass is 35.5. The normalized spacial score (nSPS) is 13.2. The third-order valence-corrected chi connectivity index (χ3v) is 5.47. The van der Waals surface area contributed by atoms with E-state index in [0.29, 0.717) is 40.0 Å². The van der Waals surface area contributed by atoms with E-state index in [-0.39, 0.29) is 12.4 Å². The van der Waals surface area contributed by atoms with Gasteiger partial charge in [-0.25, -0.2) is 4.79 Å². The number of halogens is 1. The van der Waals surface area contributed by atoms with Crippen LogP contribution in [0.25, 0.3) is 11.0 Å². The maximum atomic E-state index is 12.3. The van der Waals surface area contributed by atoms with Crippen LogP contribution >= 0.6 is 11.6 Å². The number of nitrogens with zero attached hydrogens (tertiary/aromatic N) is 1. The van der Waals surface area contributed by atoms with Crippen LogP contribution in [0.3, 0.4) is 0 Å². The smallest absolute Gasteiger partial charge is 0.339 e. The minimum atomic E-state index is -0.356. The molecule has 6 nitrogen and oxygen atoms in total. The summed E-state index contributed by atoms with van der Waals surface area (Å²) in [5.41, 5.74) is 3.12. The van der Waals surface area contributed by atoms with Gasteiger partial charge in [0.25, 0.3) is 0 Å². The van der Waals surface area contributed by atoms with Crippen LogP contribution in [-0.4, -0.2) is 21.0 Å². The Morgan fingerprint density at radius 1 is 1.11 bits per heavy atom. The second-order valence-electron chi connectivity index (χ2n) is 6.69. The van der Waals surface area contributed by atoms with Gasteiger partial charge in [-0.2, -0.15) is 0 Å². The molecule has 0 N–H and O–H groups in total. The first-order valence-corrected chi connectivity index (χ1v) is 9.17. The second-order valence-corrected chi connectivity index (χ2v) is 7.10. The van der Waals surface area contributed by atoms with E-state index in [1.165, 1.54) is 0 Å². The second kappa shape index (κ2) is 6.95. The van der Waals surface area contributed by atoms with Crippen molar-refractivity contribution in [1.82, 2.24) is 0 Å². The summed E-state index contributed by atoms with van der Waals surface area (Å²) in [4.78, 5) is 14.3. The summed E-state index contributed by atoms with van der Waals surface area (Å²) >= 11 is 6.48. The van der Waals surface area contributed by atoms with E-state index in [9.17, 15) is 4.79 Å². The molecular weight excluding hydrogens is 382 g/mol. The Bertz CT molecular complexity index is 1140. The largest absolute Gasteiger partial charge is 0.497 e. The van der Waals surface area contributed by atoms with Crippen molar-refractivity contribution in [2.24, 2.45) is 0 Å². The van der Waals surface area contributed by atoms with Crippen LogP contribution in [0.4, 0.5) is 5.69 Å². The molecule has 1 aliphatic heterocycles. The topological polar surface area (TPSA) is 61.1 Å². The number of fused-ring (bicyclic) bond motifs is 3. The molecule has 2 aromatic carbocycles. The molecule has 0 atom stereocenters. The lowest BCUT2D eigenvalue weighted by molar-refractivity contribution is 0.287. The summed E-state index contributed by atoms with van der Waals surface area (Å²) in [6, 6.07) is 7.35. The van der Waals surface area contributed by atoms with Gasteiger partial charge in [0.05, 0.1) is 37.0 Å². The first kappa shape index (κ1) is 18.5. The molecule has 0 bridgehead atoms. The maximum Gasteiger partial charge on any atom is 0.339 e. The van der Waals surface area contributed by atoms with Crippen LogP contribution in [0.1, 0.15) is 16.7 Å². The third-order valence-electron chi connectivity index (χ3n) is 5.19. The fraction of sp³-hybridized carbons (Fsp3) is 0.286. The molecule has 2 heterocycles. The lowest BCUT2D eigenvalue weighted by atomic mass is 10.0. The van der Waals surface area contributed by atoms with Gasteiger partial charge in [0.15, 0.2) is 6.73 Å². The van der Waals surface area contributed by atoms with E-state index >= 15 is 0 Å². The van der Waals surface area contributed by atoms with Crippen molar-refractivity contribution >= 4 is 28.3 Å². The van der Waals surface area contributed by atoms with Crippen LogP contribution < -0.4 is 24.7 Å². The van der Waals surface area contributed by atoms with Crippen molar-refractivity contribution in [2.45, 2.75) is 20.4 Å². The molecule has 0 spiro atoms. The SMILES string of the molecule is COc1ccc(OC)c(N2COc3c(Cl)cc4c(C)c(C)c(=O)oc4c3C2)c1. The lowest BCUT2D eigenvalue weighted by Gasteiger charge is -2.32. The number of anilines is 1. The highest BCUT2D eigenvalue weighted by Gasteiger charge is 2.27. The van der Waals surface area contributed by atoms with Gasteiger partial charge in [0.2, 0.25) is 0 Å². The molecule has 0 unspecified atom stereocenters. The first-order valence-electron chi connectivity index (χ1n) is 8.79. The highest BCUT2D eigenvalue weighted by molar-refractivity contribution is 6.33. The van der Waals surface area contributed by atoms with Gasteiger partial charge < -0.3 is 23.5 Å². The molecule has 0 aliphatic carbocycles. The van der Waals surface area contributed by atoms with E-state index in [1.807, 2.05) is 30.0 Å². The quantitative estimate of drug-likeness (QED) is 0.605. The number of methoxy groups -OCH3 is 2. The van der Waals surface area contributed by atoms with Gasteiger partial charge in [-0.15, -0.1) is 0 Å². The average molecular weight is 402 g/mol. The molecule has 0 fully saturated rings. The Kier molecular flexibility index (Phi) is 4.59. The Hall–Kier alpha value is -2.86. The number of benzene rings is 2. The van der Waals surface area contributed by atoms with E-state index in [1.54, 1.807) is 27.2 Å². The van der Waals surface area contributed by atoms with Crippen LogP contribution in [0.5, 0.6) is 17.2 Å². The van der Waals surface area contributed by atoms with Crippen molar-refractivity contribution in [3.63, 3.8) is 0 Å². The Labute approximate surface area is 167 Å². The van der Waals surface area contributed by atoms with Crippen LogP contribution in [-0.2, 0) is 6.54 Å². The molecule has 0 amide bonds. The molecule has 1 aliphatic rings. The van der Waals surface area contributed by atoms with Crippen molar-refractivity contribution in [2.75, 3.05) is 25.9 Å². The van der Waals surface area contributed by atoms with E-state index in [0.717, 1.165) is 22.2 Å². The summed E-state index contributed by atoms with van der Waals surface area (Å²) in [6.07, 6.45) is 0. The van der Waals surface area contributed by atoms with Crippen LogP contribution in [0.2, 0.25) is 5.02 Å². The molecule has 7 heteroatoms. The van der Waals surface area contributed by atoms with Crippen LogP contribution in [0.15, 0.2) is 33.5 Å².